The van der Waals surface area contributed by atoms with Gasteiger partial charge < -0.3 is 15.0 Å². The molecule has 8 heteroatoms. The molecule has 5 nitrogen and oxygen atoms in total. The summed E-state index contributed by atoms with van der Waals surface area (Å²) in [6, 6.07) is 10.3. The van der Waals surface area contributed by atoms with Crippen LogP contribution < -0.4 is 10.1 Å². The first-order valence-electron chi connectivity index (χ1n) is 11.4. The summed E-state index contributed by atoms with van der Waals surface area (Å²) in [6.45, 7) is 10.7. The summed E-state index contributed by atoms with van der Waals surface area (Å²) in [7, 11) is 0. The van der Waals surface area contributed by atoms with E-state index in [1.54, 1.807) is 25.1 Å². The molecule has 2 aromatic rings. The Morgan fingerprint density at radius 2 is 1.82 bits per heavy atom. The zero-order valence-electron chi connectivity index (χ0n) is 20.4. The largest absolute Gasteiger partial charge is 0.483 e. The summed E-state index contributed by atoms with van der Waals surface area (Å²) in [6.07, 6.45) is 1.85. The van der Waals surface area contributed by atoms with Crippen molar-refractivity contribution in [1.82, 2.24) is 10.2 Å². The summed E-state index contributed by atoms with van der Waals surface area (Å²) in [5, 5.41) is 3.73. The molecule has 34 heavy (non-hydrogen) atoms. The van der Waals surface area contributed by atoms with Gasteiger partial charge in [-0.1, -0.05) is 69.5 Å². The van der Waals surface area contributed by atoms with Gasteiger partial charge in [0.1, 0.15) is 11.8 Å². The number of benzene rings is 2. The van der Waals surface area contributed by atoms with Crippen molar-refractivity contribution < 1.29 is 14.3 Å². The van der Waals surface area contributed by atoms with Gasteiger partial charge in [0.05, 0.1) is 14.5 Å². The summed E-state index contributed by atoms with van der Waals surface area (Å²) >= 11 is 15.7. The van der Waals surface area contributed by atoms with Crippen molar-refractivity contribution in [3.8, 4) is 5.75 Å². The van der Waals surface area contributed by atoms with Crippen molar-refractivity contribution in [1.29, 1.82) is 0 Å². The van der Waals surface area contributed by atoms with Gasteiger partial charge in [-0.2, -0.15) is 0 Å². The highest BCUT2D eigenvalue weighted by Crippen LogP contribution is 2.31. The van der Waals surface area contributed by atoms with E-state index in [-0.39, 0.29) is 30.4 Å². The average molecular weight is 572 g/mol. The van der Waals surface area contributed by atoms with Gasteiger partial charge in [0, 0.05) is 13.1 Å². The molecular formula is C26H33BrCl2N2O3. The number of hydrogen-bond donors (Lipinski definition) is 1. The Morgan fingerprint density at radius 3 is 2.41 bits per heavy atom. The van der Waals surface area contributed by atoms with Gasteiger partial charge >= 0.3 is 0 Å². The number of ether oxygens (including phenoxy) is 1. The number of unbranched alkanes of at least 4 members (excludes halogenated alkanes) is 1. The van der Waals surface area contributed by atoms with E-state index in [1.807, 2.05) is 18.2 Å². The van der Waals surface area contributed by atoms with Crippen LogP contribution in [0.25, 0.3) is 0 Å². The second-order valence-corrected chi connectivity index (χ2v) is 10.9. The quantitative estimate of drug-likeness (QED) is 0.320. The van der Waals surface area contributed by atoms with Crippen LogP contribution in [-0.2, 0) is 21.5 Å². The molecule has 0 fully saturated rings. The summed E-state index contributed by atoms with van der Waals surface area (Å²) in [4.78, 5) is 27.5. The van der Waals surface area contributed by atoms with Crippen LogP contribution in [0, 0.1) is 0 Å². The van der Waals surface area contributed by atoms with Crippen molar-refractivity contribution in [2.24, 2.45) is 0 Å². The standard InChI is InChI=1S/C26H33BrCl2N2O3/c1-6-7-12-30-25(33)17(2)31(15-18-8-10-21(28)22(29)13-18)24(32)16-34-23-11-9-19(14-20(23)27)26(3,4)5/h8-11,13-14,17H,6-7,12,15-16H2,1-5H3,(H,30,33)/t17-/m1/s1. The van der Waals surface area contributed by atoms with Crippen molar-refractivity contribution in [3.63, 3.8) is 0 Å². The Morgan fingerprint density at radius 1 is 1.12 bits per heavy atom. The number of hydrogen-bond acceptors (Lipinski definition) is 3. The number of halogens is 3. The first-order chi connectivity index (χ1) is 15.9. The second kappa shape index (κ2) is 12.8. The number of amides is 2. The number of nitrogens with one attached hydrogen (secondary N) is 1. The van der Waals surface area contributed by atoms with Crippen molar-refractivity contribution in [2.45, 2.75) is 65.5 Å². The van der Waals surface area contributed by atoms with Crippen LogP contribution in [0.4, 0.5) is 0 Å². The van der Waals surface area contributed by atoms with Gasteiger partial charge in [-0.3, -0.25) is 9.59 Å². The van der Waals surface area contributed by atoms with Crippen LogP contribution in [0.2, 0.25) is 10.0 Å². The van der Waals surface area contributed by atoms with E-state index < -0.39 is 6.04 Å². The lowest BCUT2D eigenvalue weighted by atomic mass is 9.87. The van der Waals surface area contributed by atoms with Crippen LogP contribution in [-0.4, -0.2) is 35.9 Å². The van der Waals surface area contributed by atoms with Gasteiger partial charge in [-0.05, 0) is 70.1 Å². The minimum atomic E-state index is -0.686. The molecule has 2 aromatic carbocycles. The molecule has 186 valence electrons. The highest BCUT2D eigenvalue weighted by atomic mass is 79.9. The van der Waals surface area contributed by atoms with Crippen molar-refractivity contribution in [3.05, 3.63) is 62.0 Å². The van der Waals surface area contributed by atoms with E-state index in [0.717, 1.165) is 28.4 Å². The fourth-order valence-corrected chi connectivity index (χ4v) is 4.07. The predicted octanol–water partition coefficient (Wildman–Crippen LogP) is 6.77. The molecule has 0 aliphatic rings. The summed E-state index contributed by atoms with van der Waals surface area (Å²) in [5.74, 6) is 0.0458. The topological polar surface area (TPSA) is 58.6 Å². The fourth-order valence-electron chi connectivity index (χ4n) is 3.26. The Kier molecular flexibility index (Phi) is 10.7. The average Bonchev–Trinajstić information content (AvgIpc) is 2.77. The molecule has 0 heterocycles. The lowest BCUT2D eigenvalue weighted by Crippen LogP contribution is -2.49. The van der Waals surface area contributed by atoms with E-state index >= 15 is 0 Å². The van der Waals surface area contributed by atoms with E-state index in [9.17, 15) is 9.59 Å². The Bertz CT molecular complexity index is 1010. The Hall–Kier alpha value is -1.76. The maximum Gasteiger partial charge on any atom is 0.261 e. The van der Waals surface area contributed by atoms with Crippen molar-refractivity contribution in [2.75, 3.05) is 13.2 Å². The van der Waals surface area contributed by atoms with Gasteiger partial charge in [-0.25, -0.2) is 0 Å². The van der Waals surface area contributed by atoms with Crippen molar-refractivity contribution >= 4 is 50.9 Å². The van der Waals surface area contributed by atoms with E-state index in [0.29, 0.717) is 22.3 Å². The summed E-state index contributed by atoms with van der Waals surface area (Å²) in [5.41, 5.74) is 1.91. The monoisotopic (exact) mass is 570 g/mol. The normalized spacial score (nSPS) is 12.2. The van der Waals surface area contributed by atoms with Crippen LogP contribution >= 0.6 is 39.1 Å². The maximum atomic E-state index is 13.2. The molecule has 0 radical (unpaired) electrons. The fraction of sp³-hybridized carbons (Fsp3) is 0.462. The number of carbonyl (C=O) groups is 2. The third kappa shape index (κ3) is 8.17. The molecule has 0 aromatic heterocycles. The zero-order valence-corrected chi connectivity index (χ0v) is 23.5. The molecule has 2 amide bonds. The molecule has 0 saturated carbocycles. The van der Waals surface area contributed by atoms with Gasteiger partial charge in [0.25, 0.3) is 5.91 Å². The van der Waals surface area contributed by atoms with Crippen LogP contribution in [0.1, 0.15) is 58.6 Å². The third-order valence-corrected chi connectivity index (χ3v) is 6.84. The lowest BCUT2D eigenvalue weighted by Gasteiger charge is -2.29. The van der Waals surface area contributed by atoms with E-state index in [1.165, 1.54) is 4.90 Å². The molecule has 0 aliphatic heterocycles. The van der Waals surface area contributed by atoms with Crippen LogP contribution in [0.3, 0.4) is 0 Å². The predicted molar refractivity (Wildman–Crippen MR) is 143 cm³/mol. The molecule has 0 aliphatic carbocycles. The smallest absolute Gasteiger partial charge is 0.261 e. The molecular weight excluding hydrogens is 539 g/mol. The maximum absolute atomic E-state index is 13.2. The highest BCUT2D eigenvalue weighted by Gasteiger charge is 2.27. The lowest BCUT2D eigenvalue weighted by molar-refractivity contribution is -0.142. The molecule has 2 rings (SSSR count). The molecule has 0 saturated heterocycles. The number of nitrogens with zero attached hydrogens (tertiary/aromatic N) is 1. The van der Waals surface area contributed by atoms with Crippen LogP contribution in [0.5, 0.6) is 5.75 Å². The minimum Gasteiger partial charge on any atom is -0.483 e. The molecule has 1 atom stereocenters. The van der Waals surface area contributed by atoms with Gasteiger partial charge in [0.2, 0.25) is 5.91 Å². The summed E-state index contributed by atoms with van der Waals surface area (Å²) < 4.78 is 6.61. The highest BCUT2D eigenvalue weighted by molar-refractivity contribution is 9.10. The molecule has 0 unspecified atom stereocenters. The van der Waals surface area contributed by atoms with E-state index in [2.05, 4.69) is 48.9 Å². The van der Waals surface area contributed by atoms with Crippen LogP contribution in [0.15, 0.2) is 40.9 Å². The number of rotatable bonds is 10. The Balaban J connectivity index is 2.19. The number of carbonyl (C=O) groups excluding carboxylic acids is 2. The third-order valence-electron chi connectivity index (χ3n) is 5.48. The first-order valence-corrected chi connectivity index (χ1v) is 12.9. The first kappa shape index (κ1) is 28.5. The molecule has 1 N–H and O–H groups in total. The minimum absolute atomic E-state index is 0.00586. The molecule has 0 bridgehead atoms. The molecule has 0 spiro atoms. The van der Waals surface area contributed by atoms with E-state index in [4.69, 9.17) is 27.9 Å². The SMILES string of the molecule is CCCCNC(=O)[C@@H](C)N(Cc1ccc(Cl)c(Cl)c1)C(=O)COc1ccc(C(C)(C)C)cc1Br. The van der Waals surface area contributed by atoms with Gasteiger partial charge in [-0.15, -0.1) is 0 Å². The van der Waals surface area contributed by atoms with Gasteiger partial charge in [0.15, 0.2) is 6.61 Å². The Labute approximate surface area is 221 Å². The second-order valence-electron chi connectivity index (χ2n) is 9.27. The zero-order chi connectivity index (χ0) is 25.5.